The lowest BCUT2D eigenvalue weighted by Gasteiger charge is -2.31. The maximum absolute atomic E-state index is 11.7. The minimum absolute atomic E-state index is 0.0673. The number of hydrogen-bond acceptors (Lipinski definition) is 3. The fourth-order valence-corrected chi connectivity index (χ4v) is 2.44. The summed E-state index contributed by atoms with van der Waals surface area (Å²) in [5, 5.41) is 0. The van der Waals surface area contributed by atoms with Crippen molar-refractivity contribution in [3.05, 3.63) is 11.6 Å². The van der Waals surface area contributed by atoms with Gasteiger partial charge in [0, 0.05) is 18.9 Å². The van der Waals surface area contributed by atoms with Crippen molar-refractivity contribution in [2.24, 2.45) is 5.41 Å². The Morgan fingerprint density at radius 1 is 1.57 bits per heavy atom. The van der Waals surface area contributed by atoms with Crippen LogP contribution in [0.2, 0.25) is 0 Å². The van der Waals surface area contributed by atoms with Gasteiger partial charge in [0.1, 0.15) is 6.10 Å². The summed E-state index contributed by atoms with van der Waals surface area (Å²) in [6.45, 7) is 5.98. The van der Waals surface area contributed by atoms with Crippen molar-refractivity contribution in [1.29, 1.82) is 0 Å². The van der Waals surface area contributed by atoms with Gasteiger partial charge in [-0.1, -0.05) is 13.8 Å². The van der Waals surface area contributed by atoms with Crippen LogP contribution in [0, 0.1) is 5.41 Å². The first-order valence-corrected chi connectivity index (χ1v) is 4.87. The van der Waals surface area contributed by atoms with Crippen molar-refractivity contribution < 1.29 is 14.3 Å². The second-order valence-electron chi connectivity index (χ2n) is 4.85. The van der Waals surface area contributed by atoms with Crippen LogP contribution < -0.4 is 0 Å². The molecule has 2 heterocycles. The molecule has 1 fully saturated rings. The topological polar surface area (TPSA) is 35.5 Å². The second kappa shape index (κ2) is 2.67. The van der Waals surface area contributed by atoms with Gasteiger partial charge < -0.3 is 9.47 Å². The first kappa shape index (κ1) is 9.87. The maximum Gasteiger partial charge on any atom is 0.192 e. The molecule has 0 aromatic rings. The fraction of sp³-hybridized carbons (Fsp3) is 0.727. The van der Waals surface area contributed by atoms with Crippen LogP contribution in [0.1, 0.15) is 27.2 Å². The van der Waals surface area contributed by atoms with Crippen LogP contribution in [0.15, 0.2) is 11.6 Å². The molecule has 0 aliphatic carbocycles. The molecule has 0 aromatic heterocycles. The van der Waals surface area contributed by atoms with E-state index in [4.69, 9.17) is 9.47 Å². The monoisotopic (exact) mass is 196 g/mol. The zero-order valence-corrected chi connectivity index (χ0v) is 9.09. The highest BCUT2D eigenvalue weighted by atomic mass is 16.7. The quantitative estimate of drug-likeness (QED) is 0.640. The van der Waals surface area contributed by atoms with E-state index in [0.717, 1.165) is 12.0 Å². The van der Waals surface area contributed by atoms with Gasteiger partial charge in [0.25, 0.3) is 0 Å². The number of carbonyl (C=O) groups excluding carboxylic acids is 1. The van der Waals surface area contributed by atoms with Gasteiger partial charge in [0.2, 0.25) is 0 Å². The highest BCUT2D eigenvalue weighted by molar-refractivity contribution is 5.96. The van der Waals surface area contributed by atoms with Gasteiger partial charge in [-0.15, -0.1) is 0 Å². The van der Waals surface area contributed by atoms with Crippen LogP contribution in [0.25, 0.3) is 0 Å². The molecule has 1 saturated heterocycles. The van der Waals surface area contributed by atoms with Crippen molar-refractivity contribution >= 4 is 5.78 Å². The van der Waals surface area contributed by atoms with Crippen LogP contribution in [0.5, 0.6) is 0 Å². The summed E-state index contributed by atoms with van der Waals surface area (Å²) in [4.78, 5) is 11.7. The smallest absolute Gasteiger partial charge is 0.192 e. The number of fused-ring (bicyclic) bond motifs is 2. The largest absolute Gasteiger partial charge is 0.349 e. The Morgan fingerprint density at radius 2 is 2.21 bits per heavy atom. The zero-order chi connectivity index (χ0) is 10.6. The van der Waals surface area contributed by atoms with Gasteiger partial charge in [-0.3, -0.25) is 4.79 Å². The van der Waals surface area contributed by atoms with E-state index in [9.17, 15) is 4.79 Å². The Kier molecular flexibility index (Phi) is 1.88. The number of carbonyl (C=O) groups is 1. The van der Waals surface area contributed by atoms with E-state index in [2.05, 4.69) is 0 Å². The van der Waals surface area contributed by atoms with E-state index in [1.54, 1.807) is 13.2 Å². The first-order chi connectivity index (χ1) is 6.41. The lowest BCUT2D eigenvalue weighted by Crippen LogP contribution is -2.39. The molecule has 0 saturated carbocycles. The van der Waals surface area contributed by atoms with Crippen LogP contribution in [-0.4, -0.2) is 24.8 Å². The lowest BCUT2D eigenvalue weighted by molar-refractivity contribution is -0.193. The van der Waals surface area contributed by atoms with Crippen LogP contribution in [0.4, 0.5) is 0 Å². The molecule has 0 aromatic carbocycles. The summed E-state index contributed by atoms with van der Waals surface area (Å²) in [6, 6.07) is 0. The van der Waals surface area contributed by atoms with E-state index in [1.165, 1.54) is 0 Å². The summed E-state index contributed by atoms with van der Waals surface area (Å²) < 4.78 is 11.2. The molecule has 0 spiro atoms. The van der Waals surface area contributed by atoms with Crippen molar-refractivity contribution in [3.63, 3.8) is 0 Å². The first-order valence-electron chi connectivity index (χ1n) is 4.87. The number of methoxy groups -OCH3 is 1. The third kappa shape index (κ3) is 1.09. The van der Waals surface area contributed by atoms with Gasteiger partial charge in [-0.05, 0) is 18.6 Å². The van der Waals surface area contributed by atoms with Crippen molar-refractivity contribution in [1.82, 2.24) is 0 Å². The molecule has 2 bridgehead atoms. The van der Waals surface area contributed by atoms with Crippen LogP contribution in [0.3, 0.4) is 0 Å². The molecule has 0 amide bonds. The van der Waals surface area contributed by atoms with Gasteiger partial charge in [-0.25, -0.2) is 0 Å². The normalized spacial score (nSPS) is 39.9. The van der Waals surface area contributed by atoms with Crippen LogP contribution >= 0.6 is 0 Å². The molecule has 14 heavy (non-hydrogen) atoms. The molecule has 2 rings (SSSR count). The van der Waals surface area contributed by atoms with Crippen molar-refractivity contribution in [2.45, 2.75) is 39.1 Å². The van der Waals surface area contributed by atoms with E-state index in [1.807, 2.05) is 20.8 Å². The third-order valence-corrected chi connectivity index (χ3v) is 3.25. The number of hydrogen-bond donors (Lipinski definition) is 0. The number of rotatable bonds is 1. The van der Waals surface area contributed by atoms with Crippen molar-refractivity contribution in [2.75, 3.05) is 7.11 Å². The standard InChI is InChI=1S/C11H16O3/c1-7-5-8(12)9-10(2,3)6-11(7,13-4)14-9/h5,9H,6H2,1-4H3. The summed E-state index contributed by atoms with van der Waals surface area (Å²) in [5.74, 6) is -0.583. The SMILES string of the molecule is COC12CC(C)(C)C(O1)C(=O)C=C2C. The summed E-state index contributed by atoms with van der Waals surface area (Å²) in [5.41, 5.74) is 0.744. The predicted molar refractivity (Wildman–Crippen MR) is 51.8 cm³/mol. The molecular formula is C11H16O3. The Hall–Kier alpha value is -0.670. The summed E-state index contributed by atoms with van der Waals surface area (Å²) >= 11 is 0. The lowest BCUT2D eigenvalue weighted by atomic mass is 9.83. The van der Waals surface area contributed by atoms with E-state index < -0.39 is 5.79 Å². The maximum atomic E-state index is 11.7. The molecular weight excluding hydrogens is 180 g/mol. The molecule has 0 N–H and O–H groups in total. The average Bonchev–Trinajstić information content (AvgIpc) is 2.34. The minimum Gasteiger partial charge on any atom is -0.349 e. The van der Waals surface area contributed by atoms with Crippen LogP contribution in [-0.2, 0) is 14.3 Å². The van der Waals surface area contributed by atoms with E-state index in [-0.39, 0.29) is 17.3 Å². The number of ketones is 1. The van der Waals surface area contributed by atoms with E-state index >= 15 is 0 Å². The Bertz CT molecular complexity index is 316. The summed E-state index contributed by atoms with van der Waals surface area (Å²) in [7, 11) is 1.63. The Morgan fingerprint density at radius 3 is 2.79 bits per heavy atom. The van der Waals surface area contributed by atoms with Gasteiger partial charge >= 0.3 is 0 Å². The van der Waals surface area contributed by atoms with Gasteiger partial charge in [0.15, 0.2) is 11.6 Å². The Balaban J connectivity index is 2.47. The zero-order valence-electron chi connectivity index (χ0n) is 9.09. The second-order valence-corrected chi connectivity index (χ2v) is 4.85. The van der Waals surface area contributed by atoms with Crippen molar-refractivity contribution in [3.8, 4) is 0 Å². The minimum atomic E-state index is -0.651. The van der Waals surface area contributed by atoms with E-state index in [0.29, 0.717) is 0 Å². The predicted octanol–water partition coefficient (Wildman–Crippen LogP) is 1.67. The number of ether oxygens (including phenoxy) is 2. The molecule has 2 unspecified atom stereocenters. The summed E-state index contributed by atoms with van der Waals surface area (Å²) in [6.07, 6.45) is 2.06. The Labute approximate surface area is 84.1 Å². The molecule has 0 radical (unpaired) electrons. The molecule has 3 heteroatoms. The molecule has 2 aliphatic heterocycles. The highest BCUT2D eigenvalue weighted by Crippen LogP contribution is 2.50. The fourth-order valence-electron chi connectivity index (χ4n) is 2.44. The highest BCUT2D eigenvalue weighted by Gasteiger charge is 2.57. The molecule has 3 nitrogen and oxygen atoms in total. The average molecular weight is 196 g/mol. The van der Waals surface area contributed by atoms with Gasteiger partial charge in [0.05, 0.1) is 0 Å². The van der Waals surface area contributed by atoms with Gasteiger partial charge in [-0.2, -0.15) is 0 Å². The third-order valence-electron chi connectivity index (χ3n) is 3.25. The molecule has 2 atom stereocenters. The molecule has 2 aliphatic rings. The molecule has 78 valence electrons.